The topological polar surface area (TPSA) is 86.1 Å². The van der Waals surface area contributed by atoms with Crippen LogP contribution in [0.25, 0.3) is 0 Å². The molecule has 1 amide bonds. The molecule has 0 bridgehead atoms. The number of rotatable bonds is 4. The lowest BCUT2D eigenvalue weighted by molar-refractivity contribution is -0.141. The van der Waals surface area contributed by atoms with Crippen molar-refractivity contribution in [2.75, 3.05) is 33.4 Å². The van der Waals surface area contributed by atoms with Crippen molar-refractivity contribution in [2.24, 2.45) is 0 Å². The van der Waals surface area contributed by atoms with Crippen LogP contribution >= 0.6 is 0 Å². The SMILES string of the molecule is CN(C1CCN(C(=O)Cc2ccncc2)CC1)[C@@H]1COC[C@@H](O)[C@H]1O. The van der Waals surface area contributed by atoms with Gasteiger partial charge in [-0.25, -0.2) is 0 Å². The summed E-state index contributed by atoms with van der Waals surface area (Å²) in [5, 5.41) is 20.0. The largest absolute Gasteiger partial charge is 0.389 e. The molecule has 2 aliphatic rings. The minimum Gasteiger partial charge on any atom is -0.389 e. The van der Waals surface area contributed by atoms with Gasteiger partial charge >= 0.3 is 0 Å². The number of amides is 1. The number of likely N-dealkylation sites (tertiary alicyclic amines) is 1. The average Bonchev–Trinajstić information content (AvgIpc) is 2.64. The third-order valence-corrected chi connectivity index (χ3v) is 5.39. The van der Waals surface area contributed by atoms with Crippen molar-refractivity contribution < 1.29 is 19.7 Å². The van der Waals surface area contributed by atoms with Gasteiger partial charge in [0.05, 0.1) is 31.8 Å². The lowest BCUT2D eigenvalue weighted by Gasteiger charge is -2.44. The molecular formula is C18H27N3O4. The number of likely N-dealkylation sites (N-methyl/N-ethyl adjacent to an activating group) is 1. The van der Waals surface area contributed by atoms with Gasteiger partial charge in [0.2, 0.25) is 5.91 Å². The normalized spacial score (nSPS) is 28.3. The number of aliphatic hydroxyl groups is 2. The molecule has 2 aliphatic heterocycles. The first-order valence-corrected chi connectivity index (χ1v) is 8.88. The Labute approximate surface area is 148 Å². The predicted octanol–water partition coefficient (Wildman–Crippen LogP) is -0.332. The number of piperidine rings is 1. The van der Waals surface area contributed by atoms with Crippen LogP contribution in [0.3, 0.4) is 0 Å². The van der Waals surface area contributed by atoms with Gasteiger partial charge in [0.15, 0.2) is 0 Å². The molecule has 138 valence electrons. The van der Waals surface area contributed by atoms with Crippen molar-refractivity contribution in [3.05, 3.63) is 30.1 Å². The van der Waals surface area contributed by atoms with Gasteiger partial charge in [-0.1, -0.05) is 0 Å². The number of hydrogen-bond donors (Lipinski definition) is 2. The number of pyridine rings is 1. The van der Waals surface area contributed by atoms with E-state index in [1.165, 1.54) is 0 Å². The first-order valence-electron chi connectivity index (χ1n) is 8.88. The first kappa shape index (κ1) is 18.3. The molecule has 3 rings (SSSR count). The fourth-order valence-electron chi connectivity index (χ4n) is 3.70. The Morgan fingerprint density at radius 3 is 2.64 bits per heavy atom. The third-order valence-electron chi connectivity index (χ3n) is 5.39. The molecule has 3 atom stereocenters. The lowest BCUT2D eigenvalue weighted by Crippen LogP contribution is -2.58. The molecule has 0 radical (unpaired) electrons. The molecule has 0 spiro atoms. The van der Waals surface area contributed by atoms with Gasteiger partial charge < -0.3 is 19.8 Å². The smallest absolute Gasteiger partial charge is 0.226 e. The fraction of sp³-hybridized carbons (Fsp3) is 0.667. The highest BCUT2D eigenvalue weighted by molar-refractivity contribution is 5.78. The summed E-state index contributed by atoms with van der Waals surface area (Å²) in [4.78, 5) is 20.4. The molecular weight excluding hydrogens is 322 g/mol. The Hall–Kier alpha value is -1.54. The van der Waals surface area contributed by atoms with Crippen molar-refractivity contribution in [2.45, 2.75) is 43.6 Å². The molecule has 0 aromatic carbocycles. The van der Waals surface area contributed by atoms with Gasteiger partial charge in [-0.05, 0) is 37.6 Å². The number of aliphatic hydroxyl groups excluding tert-OH is 2. The van der Waals surface area contributed by atoms with E-state index in [0.29, 0.717) is 26.1 Å². The quantitative estimate of drug-likeness (QED) is 0.774. The predicted molar refractivity (Wildman–Crippen MR) is 91.9 cm³/mol. The van der Waals surface area contributed by atoms with Gasteiger partial charge in [-0.2, -0.15) is 0 Å². The molecule has 0 saturated carbocycles. The third kappa shape index (κ3) is 4.36. The van der Waals surface area contributed by atoms with E-state index < -0.39 is 12.2 Å². The van der Waals surface area contributed by atoms with E-state index in [1.807, 2.05) is 24.1 Å². The summed E-state index contributed by atoms with van der Waals surface area (Å²) in [7, 11) is 1.97. The van der Waals surface area contributed by atoms with Crippen LogP contribution in [-0.2, 0) is 16.0 Å². The minimum absolute atomic E-state index is 0.142. The zero-order valence-electron chi connectivity index (χ0n) is 14.6. The van der Waals surface area contributed by atoms with Crippen molar-refractivity contribution >= 4 is 5.91 Å². The van der Waals surface area contributed by atoms with Gasteiger partial charge in [-0.15, -0.1) is 0 Å². The molecule has 25 heavy (non-hydrogen) atoms. The van der Waals surface area contributed by atoms with Gasteiger partial charge in [0, 0.05) is 31.5 Å². The Bertz CT molecular complexity index is 563. The second-order valence-corrected chi connectivity index (χ2v) is 6.97. The summed E-state index contributed by atoms with van der Waals surface area (Å²) in [6.07, 6.45) is 3.92. The standard InChI is InChI=1S/C18H27N3O4/c1-20(15-11-25-12-16(22)18(15)24)14-4-8-21(9-5-14)17(23)10-13-2-6-19-7-3-13/h2-3,6-7,14-16,18,22,24H,4-5,8-12H2,1H3/t15-,16-,18+/m1/s1. The maximum absolute atomic E-state index is 12.4. The molecule has 1 aromatic rings. The van der Waals surface area contributed by atoms with Crippen LogP contribution in [0.4, 0.5) is 0 Å². The summed E-state index contributed by atoms with van der Waals surface area (Å²) in [6, 6.07) is 3.81. The zero-order chi connectivity index (χ0) is 17.8. The van der Waals surface area contributed by atoms with Crippen LogP contribution < -0.4 is 0 Å². The molecule has 0 aliphatic carbocycles. The highest BCUT2D eigenvalue weighted by Crippen LogP contribution is 2.22. The molecule has 2 saturated heterocycles. The molecule has 3 heterocycles. The van der Waals surface area contributed by atoms with Crippen molar-refractivity contribution in [1.29, 1.82) is 0 Å². The minimum atomic E-state index is -0.830. The molecule has 2 N–H and O–H groups in total. The van der Waals surface area contributed by atoms with Gasteiger partial charge in [0.1, 0.15) is 6.10 Å². The second-order valence-electron chi connectivity index (χ2n) is 6.97. The summed E-state index contributed by atoms with van der Waals surface area (Å²) < 4.78 is 5.38. The molecule has 7 heteroatoms. The monoisotopic (exact) mass is 349 g/mol. The van der Waals surface area contributed by atoms with Crippen molar-refractivity contribution in [1.82, 2.24) is 14.8 Å². The van der Waals surface area contributed by atoms with E-state index in [9.17, 15) is 15.0 Å². The highest BCUT2D eigenvalue weighted by Gasteiger charge is 2.37. The van der Waals surface area contributed by atoms with Gasteiger partial charge in [-0.3, -0.25) is 14.7 Å². The number of hydrogen-bond acceptors (Lipinski definition) is 6. The average molecular weight is 349 g/mol. The Kier molecular flexibility index (Phi) is 6.01. The molecule has 0 unspecified atom stereocenters. The van der Waals surface area contributed by atoms with Crippen LogP contribution in [0.15, 0.2) is 24.5 Å². The number of ether oxygens (including phenoxy) is 1. The maximum atomic E-state index is 12.4. The zero-order valence-corrected chi connectivity index (χ0v) is 14.6. The van der Waals surface area contributed by atoms with E-state index in [2.05, 4.69) is 9.88 Å². The fourth-order valence-corrected chi connectivity index (χ4v) is 3.70. The van der Waals surface area contributed by atoms with Crippen molar-refractivity contribution in [3.8, 4) is 0 Å². The van der Waals surface area contributed by atoms with E-state index in [-0.39, 0.29) is 24.6 Å². The first-order chi connectivity index (χ1) is 12.1. The van der Waals surface area contributed by atoms with Gasteiger partial charge in [0.25, 0.3) is 0 Å². The Balaban J connectivity index is 1.50. The van der Waals surface area contributed by atoms with Crippen LogP contribution in [0.1, 0.15) is 18.4 Å². The Morgan fingerprint density at radius 1 is 1.28 bits per heavy atom. The lowest BCUT2D eigenvalue weighted by atomic mass is 9.97. The van der Waals surface area contributed by atoms with Crippen molar-refractivity contribution in [3.63, 3.8) is 0 Å². The maximum Gasteiger partial charge on any atom is 0.226 e. The van der Waals surface area contributed by atoms with E-state index in [4.69, 9.17) is 4.74 Å². The number of carbonyl (C=O) groups excluding carboxylic acids is 1. The molecule has 2 fully saturated rings. The van der Waals surface area contributed by atoms with E-state index in [1.54, 1.807) is 12.4 Å². The Morgan fingerprint density at radius 2 is 1.96 bits per heavy atom. The summed E-state index contributed by atoms with van der Waals surface area (Å²) in [6.45, 7) is 2.04. The summed E-state index contributed by atoms with van der Waals surface area (Å²) >= 11 is 0. The number of carbonyl (C=O) groups is 1. The summed E-state index contributed by atoms with van der Waals surface area (Å²) in [5.41, 5.74) is 0.982. The highest BCUT2D eigenvalue weighted by atomic mass is 16.5. The molecule has 1 aromatic heterocycles. The van der Waals surface area contributed by atoms with E-state index in [0.717, 1.165) is 18.4 Å². The number of nitrogens with zero attached hydrogens (tertiary/aromatic N) is 3. The van der Waals surface area contributed by atoms with E-state index >= 15 is 0 Å². The molecule has 7 nitrogen and oxygen atoms in total. The van der Waals surface area contributed by atoms with Crippen LogP contribution in [-0.4, -0.2) is 88.5 Å². The summed E-state index contributed by atoms with van der Waals surface area (Å²) in [5.74, 6) is 0.142. The number of aromatic nitrogens is 1. The van der Waals surface area contributed by atoms with Crippen LogP contribution in [0, 0.1) is 0 Å². The van der Waals surface area contributed by atoms with Crippen LogP contribution in [0.2, 0.25) is 0 Å². The second kappa shape index (κ2) is 8.23. The van der Waals surface area contributed by atoms with Crippen LogP contribution in [0.5, 0.6) is 0 Å².